The number of fused-ring (bicyclic) bond motifs is 1. The standard InChI is InChI=1S/C8H8N3O.Li/c1-12-6-11-8-5-3-2-4-7(8)9-10-11;/h2-6H,1H3;/q-1;+1. The largest absolute Gasteiger partial charge is 1.00 e. The van der Waals surface area contributed by atoms with E-state index in [1.807, 2.05) is 24.3 Å². The van der Waals surface area contributed by atoms with Gasteiger partial charge in [0.15, 0.2) is 0 Å². The molecular formula is C8H8LiN3O. The molecule has 0 aliphatic heterocycles. The van der Waals surface area contributed by atoms with E-state index in [1.165, 1.54) is 6.73 Å². The van der Waals surface area contributed by atoms with Crippen molar-refractivity contribution >= 4 is 11.0 Å². The van der Waals surface area contributed by atoms with Crippen LogP contribution in [0.25, 0.3) is 11.0 Å². The molecule has 0 unspecified atom stereocenters. The van der Waals surface area contributed by atoms with Crippen LogP contribution in [-0.4, -0.2) is 22.1 Å². The van der Waals surface area contributed by atoms with Gasteiger partial charge in [0.1, 0.15) is 0 Å². The quantitative estimate of drug-likeness (QED) is 0.387. The van der Waals surface area contributed by atoms with Crippen LogP contribution < -0.4 is 18.9 Å². The molecule has 5 heteroatoms. The minimum atomic E-state index is 0. The molecule has 13 heavy (non-hydrogen) atoms. The van der Waals surface area contributed by atoms with Crippen molar-refractivity contribution in [2.24, 2.45) is 0 Å². The molecule has 1 aromatic heterocycles. The summed E-state index contributed by atoms with van der Waals surface area (Å²) in [6.45, 7) is 1.51. The van der Waals surface area contributed by atoms with Crippen LogP contribution in [0.1, 0.15) is 0 Å². The zero-order chi connectivity index (χ0) is 8.39. The normalized spacial score (nSPS) is 9.62. The Morgan fingerprint density at radius 3 is 2.92 bits per heavy atom. The fraction of sp³-hybridized carbons (Fsp3) is 0.125. The van der Waals surface area contributed by atoms with Gasteiger partial charge in [-0.05, 0) is 6.73 Å². The monoisotopic (exact) mass is 169 g/mol. The smallest absolute Gasteiger partial charge is 0.427 e. The van der Waals surface area contributed by atoms with Crippen LogP contribution >= 0.6 is 0 Å². The summed E-state index contributed by atoms with van der Waals surface area (Å²) in [5.74, 6) is 0. The van der Waals surface area contributed by atoms with E-state index in [4.69, 9.17) is 4.74 Å². The van der Waals surface area contributed by atoms with E-state index >= 15 is 0 Å². The molecule has 0 bridgehead atoms. The van der Waals surface area contributed by atoms with E-state index in [2.05, 4.69) is 10.3 Å². The Balaban J connectivity index is 0.000000845. The van der Waals surface area contributed by atoms with E-state index in [-0.39, 0.29) is 18.9 Å². The van der Waals surface area contributed by atoms with Crippen molar-refractivity contribution in [2.45, 2.75) is 0 Å². The molecule has 0 fully saturated rings. The summed E-state index contributed by atoms with van der Waals surface area (Å²) in [6, 6.07) is 7.70. The maximum absolute atomic E-state index is 4.83. The molecule has 0 saturated heterocycles. The molecule has 0 spiro atoms. The molecule has 0 N–H and O–H groups in total. The number of rotatable bonds is 2. The zero-order valence-corrected chi connectivity index (χ0v) is 7.64. The van der Waals surface area contributed by atoms with Gasteiger partial charge in [-0.1, -0.05) is 28.9 Å². The van der Waals surface area contributed by atoms with Crippen molar-refractivity contribution in [3.8, 4) is 0 Å². The van der Waals surface area contributed by atoms with Gasteiger partial charge >= 0.3 is 18.9 Å². The zero-order valence-electron chi connectivity index (χ0n) is 7.64. The first kappa shape index (κ1) is 10.1. The molecule has 4 nitrogen and oxygen atoms in total. The van der Waals surface area contributed by atoms with Crippen LogP contribution in [0.15, 0.2) is 24.3 Å². The SMILES string of the molecule is CO[CH-]n1nnc2ccccc21.[Li+]. The Hall–Kier alpha value is -0.953. The summed E-state index contributed by atoms with van der Waals surface area (Å²) in [5.41, 5.74) is 1.81. The first-order valence-corrected chi connectivity index (χ1v) is 3.58. The van der Waals surface area contributed by atoms with E-state index in [9.17, 15) is 0 Å². The second kappa shape index (κ2) is 4.33. The molecule has 62 valence electrons. The van der Waals surface area contributed by atoms with Crippen molar-refractivity contribution in [3.05, 3.63) is 31.0 Å². The van der Waals surface area contributed by atoms with Crippen molar-refractivity contribution in [3.63, 3.8) is 0 Å². The van der Waals surface area contributed by atoms with Crippen LogP contribution in [0.4, 0.5) is 0 Å². The Morgan fingerprint density at radius 2 is 2.15 bits per heavy atom. The molecule has 0 aliphatic rings. The van der Waals surface area contributed by atoms with E-state index in [1.54, 1.807) is 11.8 Å². The van der Waals surface area contributed by atoms with Gasteiger partial charge in [0.25, 0.3) is 0 Å². The van der Waals surface area contributed by atoms with Gasteiger partial charge in [-0.3, -0.25) is 0 Å². The summed E-state index contributed by atoms with van der Waals surface area (Å²) < 4.78 is 6.42. The number of nitrogens with zero attached hydrogens (tertiary/aromatic N) is 3. The fourth-order valence-corrected chi connectivity index (χ4v) is 1.06. The molecule has 0 aliphatic carbocycles. The molecule has 1 heterocycles. The third-order valence-corrected chi connectivity index (χ3v) is 1.58. The average molecular weight is 169 g/mol. The minimum Gasteiger partial charge on any atom is -0.427 e. The summed E-state index contributed by atoms with van der Waals surface area (Å²) in [5, 5.41) is 7.81. The predicted molar refractivity (Wildman–Crippen MR) is 44.2 cm³/mol. The van der Waals surface area contributed by atoms with Crippen LogP contribution in [0, 0.1) is 6.73 Å². The molecule has 0 amide bonds. The number of ether oxygens (including phenoxy) is 1. The minimum absolute atomic E-state index is 0. The van der Waals surface area contributed by atoms with Crippen molar-refractivity contribution in [2.75, 3.05) is 7.11 Å². The van der Waals surface area contributed by atoms with Gasteiger partial charge in [0.05, 0.1) is 0 Å². The average Bonchev–Trinajstić information content (AvgIpc) is 2.50. The van der Waals surface area contributed by atoms with Crippen LogP contribution in [0.2, 0.25) is 0 Å². The Labute approximate surface area is 88.0 Å². The van der Waals surface area contributed by atoms with Crippen LogP contribution in [0.3, 0.4) is 0 Å². The molecule has 0 atom stereocenters. The molecule has 2 aromatic rings. The van der Waals surface area contributed by atoms with Gasteiger partial charge in [-0.2, -0.15) is 5.10 Å². The second-order valence-corrected chi connectivity index (χ2v) is 2.36. The van der Waals surface area contributed by atoms with Crippen molar-refractivity contribution in [1.82, 2.24) is 15.0 Å². The van der Waals surface area contributed by atoms with Crippen LogP contribution in [-0.2, 0) is 4.74 Å². The number of aromatic nitrogens is 3. The topological polar surface area (TPSA) is 39.9 Å². The third-order valence-electron chi connectivity index (χ3n) is 1.58. The Morgan fingerprint density at radius 1 is 1.38 bits per heavy atom. The van der Waals surface area contributed by atoms with Gasteiger partial charge in [-0.25, -0.2) is 0 Å². The van der Waals surface area contributed by atoms with Crippen molar-refractivity contribution < 1.29 is 23.6 Å². The summed E-state index contributed by atoms with van der Waals surface area (Å²) >= 11 is 0. The van der Waals surface area contributed by atoms with Gasteiger partial charge in [-0.15, -0.1) is 6.07 Å². The van der Waals surface area contributed by atoms with Crippen LogP contribution in [0.5, 0.6) is 0 Å². The molecular weight excluding hydrogens is 161 g/mol. The summed E-state index contributed by atoms with van der Waals surface area (Å²) in [6.07, 6.45) is 0. The Bertz CT molecular complexity index is 388. The third kappa shape index (κ3) is 1.86. The maximum Gasteiger partial charge on any atom is 1.00 e. The molecule has 1 aromatic carbocycles. The first-order chi connectivity index (χ1) is 5.92. The number of para-hydroxylation sites is 1. The number of hydrogen-bond donors (Lipinski definition) is 0. The number of benzene rings is 1. The van der Waals surface area contributed by atoms with Gasteiger partial charge < -0.3 is 9.42 Å². The molecule has 2 rings (SSSR count). The van der Waals surface area contributed by atoms with E-state index in [0.29, 0.717) is 0 Å². The Kier molecular flexibility index (Phi) is 3.37. The molecule has 0 radical (unpaired) electrons. The van der Waals surface area contributed by atoms with E-state index < -0.39 is 0 Å². The maximum atomic E-state index is 4.83. The van der Waals surface area contributed by atoms with E-state index in [0.717, 1.165) is 11.0 Å². The predicted octanol–water partition coefficient (Wildman–Crippen LogP) is -1.95. The number of methoxy groups -OCH3 is 1. The van der Waals surface area contributed by atoms with Crippen molar-refractivity contribution in [1.29, 1.82) is 0 Å². The summed E-state index contributed by atoms with van der Waals surface area (Å²) in [4.78, 5) is 0. The van der Waals surface area contributed by atoms with Gasteiger partial charge in [0.2, 0.25) is 0 Å². The summed E-state index contributed by atoms with van der Waals surface area (Å²) in [7, 11) is 1.58. The second-order valence-electron chi connectivity index (χ2n) is 2.36. The first-order valence-electron chi connectivity index (χ1n) is 3.58. The van der Waals surface area contributed by atoms with Gasteiger partial charge in [0, 0.05) is 12.6 Å². The molecule has 0 saturated carbocycles. The fourth-order valence-electron chi connectivity index (χ4n) is 1.06. The number of hydrogen-bond acceptors (Lipinski definition) is 3.